The van der Waals surface area contributed by atoms with E-state index < -0.39 is 10.1 Å². The standard InChI is InChI=1S/C32H41N3O3S/c1-31(2)25-15-8-10-17-27(25)34(22-12-13-24-39(36,37)38)29(31)19-6-5-7-20-30-32(3,4)26-16-9-11-18-28(26)35(30)23-14-21-33/h5-11,15-20H,12-14,21-24,33H2,1-4H3/p+1. The van der Waals surface area contributed by atoms with E-state index in [4.69, 9.17) is 10.3 Å². The summed E-state index contributed by atoms with van der Waals surface area (Å²) in [4.78, 5) is 2.40. The van der Waals surface area contributed by atoms with E-state index in [2.05, 4.69) is 110 Å². The predicted molar refractivity (Wildman–Crippen MR) is 162 cm³/mol. The van der Waals surface area contributed by atoms with Gasteiger partial charge in [-0.05, 0) is 50.9 Å². The van der Waals surface area contributed by atoms with Crippen LogP contribution < -0.4 is 10.6 Å². The van der Waals surface area contributed by atoms with Gasteiger partial charge in [0.15, 0.2) is 5.71 Å². The number of anilines is 1. The van der Waals surface area contributed by atoms with Gasteiger partial charge in [-0.15, -0.1) is 0 Å². The summed E-state index contributed by atoms with van der Waals surface area (Å²) in [6, 6.07) is 17.0. The van der Waals surface area contributed by atoms with Crippen LogP contribution in [-0.2, 0) is 20.9 Å². The Balaban J connectivity index is 1.58. The average molecular weight is 549 g/mol. The van der Waals surface area contributed by atoms with E-state index in [0.717, 1.165) is 18.7 Å². The Morgan fingerprint density at radius 2 is 1.59 bits per heavy atom. The maximum absolute atomic E-state index is 11.2. The molecule has 6 nitrogen and oxygen atoms in total. The molecule has 0 saturated carbocycles. The van der Waals surface area contributed by atoms with Gasteiger partial charge in [0.05, 0.1) is 11.2 Å². The third kappa shape index (κ3) is 6.11. The molecule has 0 radical (unpaired) electrons. The third-order valence-electron chi connectivity index (χ3n) is 7.95. The largest absolute Gasteiger partial charge is 0.344 e. The van der Waals surface area contributed by atoms with Gasteiger partial charge in [0.25, 0.3) is 10.1 Å². The molecule has 2 aromatic carbocycles. The van der Waals surface area contributed by atoms with Crippen molar-refractivity contribution >= 4 is 27.2 Å². The zero-order valence-corrected chi connectivity index (χ0v) is 24.4. The van der Waals surface area contributed by atoms with Crippen LogP contribution in [0.5, 0.6) is 0 Å². The Morgan fingerprint density at radius 3 is 2.31 bits per heavy atom. The van der Waals surface area contributed by atoms with Crippen molar-refractivity contribution in [2.24, 2.45) is 5.73 Å². The topological polar surface area (TPSA) is 86.6 Å². The van der Waals surface area contributed by atoms with Crippen molar-refractivity contribution in [1.82, 2.24) is 0 Å². The molecule has 0 amide bonds. The number of hydrogen-bond acceptors (Lipinski definition) is 4. The van der Waals surface area contributed by atoms with E-state index in [1.54, 1.807) is 0 Å². The van der Waals surface area contributed by atoms with Gasteiger partial charge < -0.3 is 10.6 Å². The van der Waals surface area contributed by atoms with E-state index in [-0.39, 0.29) is 16.6 Å². The average Bonchev–Trinajstić information content (AvgIpc) is 3.23. The number of allylic oxidation sites excluding steroid dienone is 6. The highest BCUT2D eigenvalue weighted by Crippen LogP contribution is 2.47. The summed E-state index contributed by atoms with van der Waals surface area (Å²) in [5.74, 6) is -0.211. The first-order chi connectivity index (χ1) is 18.5. The molecule has 208 valence electrons. The van der Waals surface area contributed by atoms with Crippen LogP contribution in [0.15, 0.2) is 84.6 Å². The minimum absolute atomic E-state index is 0.0953. The van der Waals surface area contributed by atoms with E-state index in [0.29, 0.717) is 25.9 Å². The minimum Gasteiger partial charge on any atom is -0.344 e. The fourth-order valence-electron chi connectivity index (χ4n) is 5.93. The number of unbranched alkanes of at least 4 members (excludes halogenated alkanes) is 1. The molecule has 0 fully saturated rings. The summed E-state index contributed by atoms with van der Waals surface area (Å²) in [5.41, 5.74) is 13.0. The fourth-order valence-corrected chi connectivity index (χ4v) is 6.49. The number of benzene rings is 2. The molecule has 2 aliphatic heterocycles. The lowest BCUT2D eigenvalue weighted by Crippen LogP contribution is -2.28. The third-order valence-corrected chi connectivity index (χ3v) is 8.75. The van der Waals surface area contributed by atoms with Crippen molar-refractivity contribution < 1.29 is 17.5 Å². The van der Waals surface area contributed by atoms with Crippen molar-refractivity contribution in [2.45, 2.75) is 57.8 Å². The molecular formula is C32H42N3O3S+. The molecular weight excluding hydrogens is 506 g/mol. The summed E-state index contributed by atoms with van der Waals surface area (Å²) >= 11 is 0. The second kappa shape index (κ2) is 11.6. The van der Waals surface area contributed by atoms with Gasteiger partial charge in [-0.3, -0.25) is 4.55 Å². The highest BCUT2D eigenvalue weighted by Gasteiger charge is 2.43. The van der Waals surface area contributed by atoms with Crippen molar-refractivity contribution in [3.05, 3.63) is 95.7 Å². The summed E-state index contributed by atoms with van der Waals surface area (Å²) in [5, 5.41) is 0. The SMILES string of the molecule is CC1(C)C(/C=C/C=C/C=C2/N(CCCN)c3ccccc3C2(C)C)=[N+](CCCCS(=O)(=O)O)c2ccccc21. The van der Waals surface area contributed by atoms with Crippen LogP contribution in [0.25, 0.3) is 0 Å². The maximum atomic E-state index is 11.2. The molecule has 2 heterocycles. The van der Waals surface area contributed by atoms with Crippen LogP contribution in [0.3, 0.4) is 0 Å². The molecule has 7 heteroatoms. The van der Waals surface area contributed by atoms with Crippen LogP contribution in [-0.4, -0.2) is 48.6 Å². The number of hydrogen-bond donors (Lipinski definition) is 2. The zero-order valence-electron chi connectivity index (χ0n) is 23.6. The monoisotopic (exact) mass is 548 g/mol. The summed E-state index contributed by atoms with van der Waals surface area (Å²) in [6.07, 6.45) is 12.7. The fraction of sp³-hybridized carbons (Fsp3) is 0.406. The molecule has 0 aromatic heterocycles. The molecule has 2 aliphatic rings. The lowest BCUT2D eigenvalue weighted by atomic mass is 9.81. The normalized spacial score (nSPS) is 19.0. The molecule has 4 rings (SSSR count). The lowest BCUT2D eigenvalue weighted by molar-refractivity contribution is -0.438. The molecule has 0 saturated heterocycles. The van der Waals surface area contributed by atoms with E-state index in [9.17, 15) is 8.42 Å². The Kier molecular flexibility index (Phi) is 8.64. The first-order valence-electron chi connectivity index (χ1n) is 13.8. The molecule has 39 heavy (non-hydrogen) atoms. The maximum Gasteiger partial charge on any atom is 0.264 e. The number of rotatable bonds is 11. The first-order valence-corrected chi connectivity index (χ1v) is 15.4. The van der Waals surface area contributed by atoms with Gasteiger partial charge in [0, 0.05) is 47.5 Å². The van der Waals surface area contributed by atoms with E-state index in [1.165, 1.54) is 28.2 Å². The number of para-hydroxylation sites is 2. The molecule has 3 N–H and O–H groups in total. The Hall–Kier alpha value is -3.00. The van der Waals surface area contributed by atoms with Crippen LogP contribution in [0.1, 0.15) is 58.1 Å². The van der Waals surface area contributed by atoms with Crippen molar-refractivity contribution in [3.63, 3.8) is 0 Å². The van der Waals surface area contributed by atoms with Gasteiger partial charge in [-0.2, -0.15) is 13.0 Å². The van der Waals surface area contributed by atoms with Crippen molar-refractivity contribution in [1.29, 1.82) is 0 Å². The summed E-state index contributed by atoms with van der Waals surface area (Å²) in [6.45, 7) is 11.2. The summed E-state index contributed by atoms with van der Waals surface area (Å²) in [7, 11) is -3.94. The Morgan fingerprint density at radius 1 is 0.897 bits per heavy atom. The van der Waals surface area contributed by atoms with Crippen LogP contribution in [0.4, 0.5) is 11.4 Å². The van der Waals surface area contributed by atoms with Gasteiger partial charge in [0.1, 0.15) is 6.54 Å². The van der Waals surface area contributed by atoms with Crippen molar-refractivity contribution in [2.75, 3.05) is 30.3 Å². The molecule has 0 bridgehead atoms. The second-order valence-electron chi connectivity index (χ2n) is 11.4. The molecule has 0 spiro atoms. The highest BCUT2D eigenvalue weighted by molar-refractivity contribution is 7.85. The molecule has 0 atom stereocenters. The van der Waals surface area contributed by atoms with Gasteiger partial charge in [-0.1, -0.05) is 68.5 Å². The zero-order chi connectivity index (χ0) is 28.3. The smallest absolute Gasteiger partial charge is 0.264 e. The quantitative estimate of drug-likeness (QED) is 0.159. The van der Waals surface area contributed by atoms with Crippen LogP contribution in [0.2, 0.25) is 0 Å². The predicted octanol–water partition coefficient (Wildman–Crippen LogP) is 5.87. The minimum atomic E-state index is -3.94. The van der Waals surface area contributed by atoms with E-state index in [1.807, 2.05) is 6.07 Å². The van der Waals surface area contributed by atoms with Crippen molar-refractivity contribution in [3.8, 4) is 0 Å². The van der Waals surface area contributed by atoms with Gasteiger partial charge in [-0.25, -0.2) is 0 Å². The molecule has 0 unspecified atom stereocenters. The molecule has 0 aliphatic carbocycles. The number of nitrogens with two attached hydrogens (primary N) is 1. The van der Waals surface area contributed by atoms with Gasteiger partial charge in [0.2, 0.25) is 5.69 Å². The Labute approximate surface area is 234 Å². The summed E-state index contributed by atoms with van der Waals surface area (Å²) < 4.78 is 33.7. The highest BCUT2D eigenvalue weighted by atomic mass is 32.2. The lowest BCUT2D eigenvalue weighted by Gasteiger charge is -2.26. The van der Waals surface area contributed by atoms with Gasteiger partial charge >= 0.3 is 0 Å². The van der Waals surface area contributed by atoms with Crippen LogP contribution in [0, 0.1) is 0 Å². The number of nitrogens with zero attached hydrogens (tertiary/aromatic N) is 2. The van der Waals surface area contributed by atoms with E-state index >= 15 is 0 Å². The second-order valence-corrected chi connectivity index (χ2v) is 13.0. The number of fused-ring (bicyclic) bond motifs is 2. The Bertz CT molecular complexity index is 1430. The molecule has 2 aromatic rings. The first kappa shape index (κ1) is 29.0. The van der Waals surface area contributed by atoms with Crippen LogP contribution >= 0.6 is 0 Å².